The maximum Gasteiger partial charge on any atom is 0.241 e. The normalized spacial score (nSPS) is 22.9. The predicted molar refractivity (Wildman–Crippen MR) is 73.0 cm³/mol. The fraction of sp³-hybridized carbons (Fsp3) is 0.533. The number of carbonyl (C=O) groups is 1. The average molecular weight is 244 g/mol. The van der Waals surface area contributed by atoms with Gasteiger partial charge in [0.15, 0.2) is 0 Å². The minimum Gasteiger partial charge on any atom is -0.307 e. The Kier molecular flexibility index (Phi) is 2.86. The molecule has 1 aromatic carbocycles. The van der Waals surface area contributed by atoms with Crippen molar-refractivity contribution in [2.45, 2.75) is 38.6 Å². The molecule has 3 heteroatoms. The topological polar surface area (TPSA) is 32.3 Å². The van der Waals surface area contributed by atoms with E-state index in [9.17, 15) is 4.79 Å². The Balaban J connectivity index is 2.01. The van der Waals surface area contributed by atoms with Crippen LogP contribution in [-0.2, 0) is 11.2 Å². The van der Waals surface area contributed by atoms with E-state index in [1.54, 1.807) is 0 Å². The second-order valence-electron chi connectivity index (χ2n) is 5.63. The molecule has 3 rings (SSSR count). The van der Waals surface area contributed by atoms with Crippen molar-refractivity contribution in [3.63, 3.8) is 0 Å². The van der Waals surface area contributed by atoms with Crippen LogP contribution in [0.4, 0.5) is 5.69 Å². The Hall–Kier alpha value is -1.35. The molecule has 0 spiro atoms. The molecule has 2 aliphatic rings. The number of hydrogen-bond acceptors (Lipinski definition) is 2. The number of fused-ring (bicyclic) bond motifs is 3. The van der Waals surface area contributed by atoms with Gasteiger partial charge in [0.05, 0.1) is 6.54 Å². The Bertz CT molecular complexity index is 481. The van der Waals surface area contributed by atoms with Gasteiger partial charge in [-0.2, -0.15) is 0 Å². The lowest BCUT2D eigenvalue weighted by molar-refractivity contribution is -0.119. The first-order chi connectivity index (χ1) is 8.66. The van der Waals surface area contributed by atoms with Gasteiger partial charge in [-0.15, -0.1) is 0 Å². The summed E-state index contributed by atoms with van der Waals surface area (Å²) in [6, 6.07) is 6.94. The van der Waals surface area contributed by atoms with Crippen LogP contribution < -0.4 is 10.2 Å². The highest BCUT2D eigenvalue weighted by molar-refractivity contribution is 5.97. The monoisotopic (exact) mass is 244 g/mol. The highest BCUT2D eigenvalue weighted by Gasteiger charge is 2.33. The van der Waals surface area contributed by atoms with Crippen molar-refractivity contribution in [2.24, 2.45) is 0 Å². The zero-order valence-electron chi connectivity index (χ0n) is 11.1. The molecule has 1 aromatic rings. The molecule has 2 heterocycles. The van der Waals surface area contributed by atoms with Gasteiger partial charge >= 0.3 is 0 Å². The molecule has 0 aromatic heterocycles. The van der Waals surface area contributed by atoms with Crippen molar-refractivity contribution in [1.29, 1.82) is 0 Å². The summed E-state index contributed by atoms with van der Waals surface area (Å²) in [5.41, 5.74) is 3.85. The number of benzene rings is 1. The van der Waals surface area contributed by atoms with Crippen molar-refractivity contribution in [1.82, 2.24) is 5.32 Å². The number of aryl methyl sites for hydroxylation is 1. The number of nitrogens with one attached hydrogen (secondary N) is 1. The zero-order valence-corrected chi connectivity index (χ0v) is 11.1. The van der Waals surface area contributed by atoms with Crippen LogP contribution in [0.2, 0.25) is 0 Å². The third kappa shape index (κ3) is 1.83. The first kappa shape index (κ1) is 11.7. The third-order valence-electron chi connectivity index (χ3n) is 4.07. The minimum absolute atomic E-state index is 0.212. The van der Waals surface area contributed by atoms with E-state index in [2.05, 4.69) is 37.4 Å². The van der Waals surface area contributed by atoms with Gasteiger partial charge < -0.3 is 10.2 Å². The van der Waals surface area contributed by atoms with Crippen molar-refractivity contribution in [3.05, 3.63) is 29.3 Å². The molecule has 2 aliphatic heterocycles. The van der Waals surface area contributed by atoms with Crippen LogP contribution in [0.1, 0.15) is 37.3 Å². The summed E-state index contributed by atoms with van der Waals surface area (Å²) in [7, 11) is 0. The Labute approximate surface area is 108 Å². The van der Waals surface area contributed by atoms with Crippen LogP contribution in [-0.4, -0.2) is 25.0 Å². The lowest BCUT2D eigenvalue weighted by atomic mass is 9.91. The van der Waals surface area contributed by atoms with E-state index < -0.39 is 0 Å². The molecule has 1 unspecified atom stereocenters. The van der Waals surface area contributed by atoms with Gasteiger partial charge in [-0.1, -0.05) is 26.0 Å². The number of carbonyl (C=O) groups excluding carboxylic acids is 1. The van der Waals surface area contributed by atoms with Crippen molar-refractivity contribution < 1.29 is 4.79 Å². The lowest BCUT2D eigenvalue weighted by Gasteiger charge is -2.40. The highest BCUT2D eigenvalue weighted by atomic mass is 16.2. The first-order valence-electron chi connectivity index (χ1n) is 6.82. The quantitative estimate of drug-likeness (QED) is 0.820. The van der Waals surface area contributed by atoms with Gasteiger partial charge in [0.1, 0.15) is 0 Å². The first-order valence-corrected chi connectivity index (χ1v) is 6.82. The van der Waals surface area contributed by atoms with Gasteiger partial charge in [-0.3, -0.25) is 4.79 Å². The van der Waals surface area contributed by atoms with E-state index in [1.807, 2.05) is 4.90 Å². The van der Waals surface area contributed by atoms with E-state index in [0.717, 1.165) is 25.1 Å². The molecule has 0 radical (unpaired) electrons. The molecule has 0 aliphatic carbocycles. The second kappa shape index (κ2) is 4.39. The summed E-state index contributed by atoms with van der Waals surface area (Å²) >= 11 is 0. The predicted octanol–water partition coefficient (Wildman–Crippen LogP) is 2.06. The number of piperazine rings is 1. The summed E-state index contributed by atoms with van der Waals surface area (Å²) in [5.74, 6) is 0.760. The van der Waals surface area contributed by atoms with Crippen LogP contribution >= 0.6 is 0 Å². The fourth-order valence-electron chi connectivity index (χ4n) is 3.01. The molecule has 18 heavy (non-hydrogen) atoms. The largest absolute Gasteiger partial charge is 0.307 e. The molecular weight excluding hydrogens is 224 g/mol. The number of anilines is 1. The van der Waals surface area contributed by atoms with E-state index in [-0.39, 0.29) is 5.91 Å². The maximum absolute atomic E-state index is 12.1. The highest BCUT2D eigenvalue weighted by Crippen LogP contribution is 2.33. The number of amides is 1. The average Bonchev–Trinajstić information content (AvgIpc) is 2.37. The van der Waals surface area contributed by atoms with E-state index in [1.165, 1.54) is 11.1 Å². The molecule has 1 saturated heterocycles. The van der Waals surface area contributed by atoms with E-state index in [0.29, 0.717) is 18.5 Å². The molecule has 1 atom stereocenters. The van der Waals surface area contributed by atoms with Crippen LogP contribution in [0, 0.1) is 0 Å². The summed E-state index contributed by atoms with van der Waals surface area (Å²) < 4.78 is 0. The van der Waals surface area contributed by atoms with Crippen molar-refractivity contribution in [2.75, 3.05) is 18.0 Å². The number of hydrogen-bond donors (Lipinski definition) is 1. The standard InChI is InChI=1S/C15H20N2O/c1-10(2)11-4-6-14-12(7-11)3-5-13-8-16-9-15(18)17(13)14/h4,6-7,10,13,16H,3,5,8-9H2,1-2H3. The minimum atomic E-state index is 0.212. The van der Waals surface area contributed by atoms with E-state index >= 15 is 0 Å². The van der Waals surface area contributed by atoms with Crippen LogP contribution in [0.5, 0.6) is 0 Å². The molecule has 0 bridgehead atoms. The molecule has 1 amide bonds. The molecule has 0 saturated carbocycles. The third-order valence-corrected chi connectivity index (χ3v) is 4.07. The summed E-state index contributed by atoms with van der Waals surface area (Å²) in [4.78, 5) is 14.1. The molecule has 1 fully saturated rings. The van der Waals surface area contributed by atoms with Gasteiger partial charge in [0.2, 0.25) is 5.91 Å². The van der Waals surface area contributed by atoms with Gasteiger partial charge in [0, 0.05) is 18.3 Å². The van der Waals surface area contributed by atoms with Crippen molar-refractivity contribution >= 4 is 11.6 Å². The van der Waals surface area contributed by atoms with Gasteiger partial charge in [-0.25, -0.2) is 0 Å². The van der Waals surface area contributed by atoms with Crippen molar-refractivity contribution in [3.8, 4) is 0 Å². The number of rotatable bonds is 1. The van der Waals surface area contributed by atoms with Gasteiger partial charge in [-0.05, 0) is 36.0 Å². The van der Waals surface area contributed by atoms with Crippen LogP contribution in [0.3, 0.4) is 0 Å². The summed E-state index contributed by atoms with van der Waals surface area (Å²) in [5, 5.41) is 3.20. The van der Waals surface area contributed by atoms with E-state index in [4.69, 9.17) is 0 Å². The molecule has 96 valence electrons. The molecule has 3 nitrogen and oxygen atoms in total. The van der Waals surface area contributed by atoms with Crippen LogP contribution in [0.15, 0.2) is 18.2 Å². The number of nitrogens with zero attached hydrogens (tertiary/aromatic N) is 1. The maximum atomic E-state index is 12.1. The Morgan fingerprint density at radius 1 is 1.39 bits per heavy atom. The SMILES string of the molecule is CC(C)c1ccc2c(c1)CCC1CNCC(=O)N21. The smallest absolute Gasteiger partial charge is 0.241 e. The fourth-order valence-corrected chi connectivity index (χ4v) is 3.01. The lowest BCUT2D eigenvalue weighted by Crippen LogP contribution is -2.56. The Morgan fingerprint density at radius 3 is 3.00 bits per heavy atom. The molecular formula is C15H20N2O. The second-order valence-corrected chi connectivity index (χ2v) is 5.63. The zero-order chi connectivity index (χ0) is 12.7. The van der Waals surface area contributed by atoms with Gasteiger partial charge in [0.25, 0.3) is 0 Å². The summed E-state index contributed by atoms with van der Waals surface area (Å²) in [6.45, 7) is 5.83. The molecule has 1 N–H and O–H groups in total. The summed E-state index contributed by atoms with van der Waals surface area (Å²) in [6.07, 6.45) is 2.17. The van der Waals surface area contributed by atoms with Crippen LogP contribution in [0.25, 0.3) is 0 Å². The Morgan fingerprint density at radius 2 is 2.22 bits per heavy atom.